The first kappa shape index (κ1) is 14.0. The number of hydrogen-bond donors (Lipinski definition) is 1. The van der Waals surface area contributed by atoms with Gasteiger partial charge in [-0.05, 0) is 30.2 Å². The minimum atomic E-state index is -0.170. The van der Waals surface area contributed by atoms with E-state index in [1.54, 1.807) is 12.1 Å². The van der Waals surface area contributed by atoms with Gasteiger partial charge in [-0.25, -0.2) is 4.39 Å². The van der Waals surface area contributed by atoms with E-state index in [1.807, 2.05) is 30.3 Å². The lowest BCUT2D eigenvalue weighted by Crippen LogP contribution is -2.20. The summed E-state index contributed by atoms with van der Waals surface area (Å²) < 4.78 is 13.5. The molecule has 0 fully saturated rings. The molecule has 100 valence electrons. The maximum absolute atomic E-state index is 13.5. The molecule has 0 radical (unpaired) electrons. The van der Waals surface area contributed by atoms with Gasteiger partial charge in [-0.2, -0.15) is 0 Å². The van der Waals surface area contributed by atoms with Crippen LogP contribution in [-0.4, -0.2) is 0 Å². The molecule has 2 aromatic carbocycles. The average Bonchev–Trinajstić information content (AvgIpc) is 2.41. The smallest absolute Gasteiger partial charge is 0.127 e. The average molecular weight is 278 g/mol. The molecule has 0 aromatic heterocycles. The van der Waals surface area contributed by atoms with Gasteiger partial charge in [0.25, 0.3) is 0 Å². The highest BCUT2D eigenvalue weighted by atomic mass is 35.5. The van der Waals surface area contributed by atoms with Crippen LogP contribution in [-0.2, 0) is 6.54 Å². The van der Waals surface area contributed by atoms with Crippen molar-refractivity contribution < 1.29 is 4.39 Å². The van der Waals surface area contributed by atoms with E-state index in [4.69, 9.17) is 11.6 Å². The van der Waals surface area contributed by atoms with Crippen molar-refractivity contribution in [1.29, 1.82) is 0 Å². The molecule has 0 spiro atoms. The minimum Gasteiger partial charge on any atom is -0.306 e. The Morgan fingerprint density at radius 3 is 2.63 bits per heavy atom. The predicted molar refractivity (Wildman–Crippen MR) is 77.7 cm³/mol. The summed E-state index contributed by atoms with van der Waals surface area (Å²) in [6, 6.07) is 14.8. The summed E-state index contributed by atoms with van der Waals surface area (Å²) in [5.74, 6) is -0.170. The van der Waals surface area contributed by atoms with Gasteiger partial charge >= 0.3 is 0 Å². The number of benzene rings is 2. The normalized spacial score (nSPS) is 12.4. The monoisotopic (exact) mass is 277 g/mol. The number of rotatable bonds is 5. The second kappa shape index (κ2) is 6.69. The molecule has 0 heterocycles. The summed E-state index contributed by atoms with van der Waals surface area (Å²) in [6.07, 6.45) is 0.925. The summed E-state index contributed by atoms with van der Waals surface area (Å²) in [4.78, 5) is 0. The molecular weight excluding hydrogens is 261 g/mol. The van der Waals surface area contributed by atoms with Crippen LogP contribution in [0.4, 0.5) is 4.39 Å². The second-order valence-corrected chi connectivity index (χ2v) is 4.92. The van der Waals surface area contributed by atoms with E-state index < -0.39 is 0 Å². The number of halogens is 2. The molecule has 1 nitrogen and oxygen atoms in total. The van der Waals surface area contributed by atoms with Crippen LogP contribution in [0.2, 0.25) is 5.02 Å². The molecule has 1 unspecified atom stereocenters. The Morgan fingerprint density at radius 2 is 1.95 bits per heavy atom. The van der Waals surface area contributed by atoms with Crippen molar-refractivity contribution in [3.8, 4) is 0 Å². The van der Waals surface area contributed by atoms with E-state index in [1.165, 1.54) is 6.07 Å². The Balaban J connectivity index is 2.06. The van der Waals surface area contributed by atoms with Crippen LogP contribution in [0.1, 0.15) is 30.5 Å². The first-order chi connectivity index (χ1) is 9.20. The van der Waals surface area contributed by atoms with Gasteiger partial charge in [0.1, 0.15) is 5.82 Å². The Labute approximate surface area is 118 Å². The van der Waals surface area contributed by atoms with Crippen molar-refractivity contribution in [2.24, 2.45) is 0 Å². The van der Waals surface area contributed by atoms with Crippen LogP contribution < -0.4 is 5.32 Å². The van der Waals surface area contributed by atoms with Gasteiger partial charge in [-0.1, -0.05) is 48.9 Å². The fraction of sp³-hybridized carbons (Fsp3) is 0.250. The molecule has 0 aliphatic carbocycles. The van der Waals surface area contributed by atoms with E-state index >= 15 is 0 Å². The first-order valence-electron chi connectivity index (χ1n) is 6.43. The van der Waals surface area contributed by atoms with Crippen molar-refractivity contribution in [3.05, 3.63) is 70.5 Å². The first-order valence-corrected chi connectivity index (χ1v) is 6.80. The van der Waals surface area contributed by atoms with Crippen LogP contribution in [0.5, 0.6) is 0 Å². The largest absolute Gasteiger partial charge is 0.306 e. The van der Waals surface area contributed by atoms with E-state index in [-0.39, 0.29) is 11.9 Å². The summed E-state index contributed by atoms with van der Waals surface area (Å²) in [6.45, 7) is 2.61. The lowest BCUT2D eigenvalue weighted by atomic mass is 10.0. The molecule has 0 aliphatic heterocycles. The minimum absolute atomic E-state index is 0.170. The van der Waals surface area contributed by atoms with Gasteiger partial charge < -0.3 is 5.32 Å². The fourth-order valence-electron chi connectivity index (χ4n) is 2.10. The fourth-order valence-corrected chi connectivity index (χ4v) is 2.29. The number of nitrogens with one attached hydrogen (secondary N) is 1. The zero-order valence-electron chi connectivity index (χ0n) is 10.9. The molecule has 19 heavy (non-hydrogen) atoms. The van der Waals surface area contributed by atoms with Crippen LogP contribution in [0.15, 0.2) is 48.5 Å². The summed E-state index contributed by atoms with van der Waals surface area (Å²) in [5.41, 5.74) is 1.81. The van der Waals surface area contributed by atoms with Crippen molar-refractivity contribution in [1.82, 2.24) is 5.32 Å². The highest BCUT2D eigenvalue weighted by Gasteiger charge is 2.10. The third kappa shape index (κ3) is 3.79. The highest BCUT2D eigenvalue weighted by molar-refractivity contribution is 6.30. The molecule has 0 saturated heterocycles. The molecule has 2 rings (SSSR count). The molecule has 2 aromatic rings. The van der Waals surface area contributed by atoms with E-state index in [9.17, 15) is 4.39 Å². The zero-order chi connectivity index (χ0) is 13.7. The lowest BCUT2D eigenvalue weighted by Gasteiger charge is -2.18. The van der Waals surface area contributed by atoms with Crippen molar-refractivity contribution in [2.75, 3.05) is 0 Å². The summed E-state index contributed by atoms with van der Waals surface area (Å²) in [7, 11) is 0. The Morgan fingerprint density at radius 1 is 1.16 bits per heavy atom. The summed E-state index contributed by atoms with van der Waals surface area (Å²) in [5, 5.41) is 4.10. The molecule has 3 heteroatoms. The molecule has 0 amide bonds. The summed E-state index contributed by atoms with van der Waals surface area (Å²) >= 11 is 6.00. The van der Waals surface area contributed by atoms with Crippen molar-refractivity contribution in [2.45, 2.75) is 25.9 Å². The molecule has 1 N–H and O–H groups in total. The van der Waals surface area contributed by atoms with Crippen LogP contribution in [0.3, 0.4) is 0 Å². The third-order valence-corrected chi connectivity index (χ3v) is 3.39. The maximum atomic E-state index is 13.5. The second-order valence-electron chi connectivity index (χ2n) is 4.49. The van der Waals surface area contributed by atoms with E-state index in [2.05, 4.69) is 12.2 Å². The molecular formula is C16H17ClFN. The zero-order valence-corrected chi connectivity index (χ0v) is 11.6. The van der Waals surface area contributed by atoms with Gasteiger partial charge in [0.15, 0.2) is 0 Å². The van der Waals surface area contributed by atoms with E-state index in [0.717, 1.165) is 17.0 Å². The Kier molecular flexibility index (Phi) is 4.94. The van der Waals surface area contributed by atoms with Gasteiger partial charge in [0, 0.05) is 23.2 Å². The van der Waals surface area contributed by atoms with Gasteiger partial charge in [0.2, 0.25) is 0 Å². The van der Waals surface area contributed by atoms with Crippen LogP contribution >= 0.6 is 11.6 Å². The molecule has 0 aliphatic rings. The van der Waals surface area contributed by atoms with Gasteiger partial charge in [-0.15, -0.1) is 0 Å². The van der Waals surface area contributed by atoms with Crippen molar-refractivity contribution in [3.63, 3.8) is 0 Å². The topological polar surface area (TPSA) is 12.0 Å². The highest BCUT2D eigenvalue weighted by Crippen LogP contribution is 2.21. The van der Waals surface area contributed by atoms with E-state index in [0.29, 0.717) is 12.1 Å². The predicted octanol–water partition coefficient (Wildman–Crippen LogP) is 4.72. The Hall–Kier alpha value is -1.38. The maximum Gasteiger partial charge on any atom is 0.127 e. The molecule has 0 saturated carbocycles. The van der Waals surface area contributed by atoms with Gasteiger partial charge in [0.05, 0.1) is 0 Å². The standard InChI is InChI=1S/C16H17ClFN/c1-2-16(12-7-5-8-14(17)10-12)19-11-13-6-3-4-9-15(13)18/h3-10,16,19H,2,11H2,1H3. The Bertz CT molecular complexity index is 542. The third-order valence-electron chi connectivity index (χ3n) is 3.16. The molecule has 0 bridgehead atoms. The molecule has 1 atom stereocenters. The lowest BCUT2D eigenvalue weighted by molar-refractivity contribution is 0.504. The van der Waals surface area contributed by atoms with Crippen molar-refractivity contribution >= 4 is 11.6 Å². The SMILES string of the molecule is CCC(NCc1ccccc1F)c1cccc(Cl)c1. The van der Waals surface area contributed by atoms with Crippen LogP contribution in [0, 0.1) is 5.82 Å². The van der Waals surface area contributed by atoms with Gasteiger partial charge in [-0.3, -0.25) is 0 Å². The van der Waals surface area contributed by atoms with Crippen LogP contribution in [0.25, 0.3) is 0 Å². The quantitative estimate of drug-likeness (QED) is 0.834. The number of hydrogen-bond acceptors (Lipinski definition) is 1.